The van der Waals surface area contributed by atoms with Crippen molar-refractivity contribution in [1.29, 1.82) is 0 Å². The highest BCUT2D eigenvalue weighted by atomic mass is 15.5. The van der Waals surface area contributed by atoms with E-state index in [0.717, 1.165) is 0 Å². The van der Waals surface area contributed by atoms with E-state index in [1.54, 1.807) is 0 Å². The first-order chi connectivity index (χ1) is 8.21. The Morgan fingerprint density at radius 3 is 1.50 bits per heavy atom. The van der Waals surface area contributed by atoms with E-state index < -0.39 is 0 Å². The maximum atomic E-state index is 2.61. The van der Waals surface area contributed by atoms with Crippen molar-refractivity contribution in [2.45, 2.75) is 65.5 Å². The molecule has 0 aliphatic carbocycles. The molecule has 2 aliphatic rings. The van der Waals surface area contributed by atoms with Crippen LogP contribution in [0.15, 0.2) is 0 Å². The van der Waals surface area contributed by atoms with Crippen LogP contribution in [0.1, 0.15) is 54.4 Å². The second-order valence-corrected chi connectivity index (χ2v) is 7.64. The molecule has 0 aromatic heterocycles. The molecule has 3 heteroatoms. The molecule has 18 heavy (non-hydrogen) atoms. The summed E-state index contributed by atoms with van der Waals surface area (Å²) < 4.78 is 2.60. The molecule has 0 aromatic rings. The Morgan fingerprint density at radius 1 is 0.778 bits per heavy atom. The van der Waals surface area contributed by atoms with Crippen LogP contribution < -0.4 is 0 Å². The van der Waals surface area contributed by atoms with Crippen molar-refractivity contribution in [2.24, 2.45) is 0 Å². The van der Waals surface area contributed by atoms with E-state index in [1.165, 1.54) is 45.0 Å². The van der Waals surface area contributed by atoms with Gasteiger partial charge in [-0.05, 0) is 41.5 Å². The second kappa shape index (κ2) is 4.43. The molecule has 0 fully saturated rings. The Hall–Kier alpha value is -0.730. The number of guanidine groups is 1. The molecule has 2 rings (SSSR count). The molecule has 0 saturated heterocycles. The quantitative estimate of drug-likeness (QED) is 0.612. The summed E-state index contributed by atoms with van der Waals surface area (Å²) in [6.07, 6.45) is 2.58. The Balaban J connectivity index is 2.41. The minimum absolute atomic E-state index is 0.217. The lowest BCUT2D eigenvalue weighted by molar-refractivity contribution is -0.552. The third-order valence-corrected chi connectivity index (χ3v) is 4.00. The van der Waals surface area contributed by atoms with Gasteiger partial charge in [-0.3, -0.25) is 14.4 Å². The number of rotatable bonds is 0. The summed E-state index contributed by atoms with van der Waals surface area (Å²) in [5, 5.41) is 0. The van der Waals surface area contributed by atoms with E-state index in [9.17, 15) is 0 Å². The fourth-order valence-electron chi connectivity index (χ4n) is 3.11. The fraction of sp³-hybridized carbons (Fsp3) is 0.933. The normalized spacial score (nSPS) is 22.3. The summed E-state index contributed by atoms with van der Waals surface area (Å²) in [6, 6.07) is 0. The number of hydrogen-bond acceptors (Lipinski definition) is 2. The van der Waals surface area contributed by atoms with Gasteiger partial charge < -0.3 is 0 Å². The fourth-order valence-corrected chi connectivity index (χ4v) is 3.11. The van der Waals surface area contributed by atoms with Gasteiger partial charge in [-0.15, -0.1) is 0 Å². The second-order valence-electron chi connectivity index (χ2n) is 7.64. The van der Waals surface area contributed by atoms with Crippen LogP contribution >= 0.6 is 0 Å². The van der Waals surface area contributed by atoms with E-state index in [0.29, 0.717) is 0 Å². The summed E-state index contributed by atoms with van der Waals surface area (Å²) in [6.45, 7) is 18.8. The molecular weight excluding hydrogens is 222 g/mol. The van der Waals surface area contributed by atoms with Crippen LogP contribution in [0.5, 0.6) is 0 Å². The van der Waals surface area contributed by atoms with Gasteiger partial charge in [0.05, 0.1) is 37.3 Å². The predicted molar refractivity (Wildman–Crippen MR) is 77.2 cm³/mol. The van der Waals surface area contributed by atoms with Crippen molar-refractivity contribution in [3.63, 3.8) is 0 Å². The van der Waals surface area contributed by atoms with Crippen LogP contribution in [0.2, 0.25) is 0 Å². The molecule has 0 aromatic carbocycles. The average molecular weight is 252 g/mol. The first kappa shape index (κ1) is 13.7. The Bertz CT molecular complexity index is 312. The maximum Gasteiger partial charge on any atom is 0.351 e. The molecule has 0 saturated carbocycles. The molecule has 2 heterocycles. The SMILES string of the molecule is CC(C)(C)N1CCC[N+]2=C1N(C(C)(C)C)CCC2. The van der Waals surface area contributed by atoms with Gasteiger partial charge in [-0.1, -0.05) is 0 Å². The third-order valence-electron chi connectivity index (χ3n) is 4.00. The van der Waals surface area contributed by atoms with Crippen molar-refractivity contribution in [3.8, 4) is 0 Å². The molecule has 2 aliphatic heterocycles. The van der Waals surface area contributed by atoms with Gasteiger partial charge in [-0.25, -0.2) is 0 Å². The van der Waals surface area contributed by atoms with Crippen LogP contribution in [0.25, 0.3) is 0 Å². The standard InChI is InChI=1S/C15H30N3/c1-14(2,3)17-11-7-9-16-10-8-12-18(13(16)17)15(4,5)6/h7-12H2,1-6H3/q+1. The minimum atomic E-state index is 0.217. The van der Waals surface area contributed by atoms with E-state index in [4.69, 9.17) is 0 Å². The topological polar surface area (TPSA) is 9.49 Å². The summed E-state index contributed by atoms with van der Waals surface area (Å²) in [7, 11) is 0. The van der Waals surface area contributed by atoms with E-state index in [-0.39, 0.29) is 11.1 Å². The van der Waals surface area contributed by atoms with Gasteiger partial charge in [0.2, 0.25) is 0 Å². The third kappa shape index (κ3) is 2.50. The zero-order valence-electron chi connectivity index (χ0n) is 13.1. The lowest BCUT2D eigenvalue weighted by atomic mass is 10.0. The highest BCUT2D eigenvalue weighted by molar-refractivity contribution is 5.77. The largest absolute Gasteiger partial charge is 0.351 e. The number of hydrogen-bond donors (Lipinski definition) is 0. The Labute approximate surface area is 112 Å². The van der Waals surface area contributed by atoms with Crippen molar-refractivity contribution < 1.29 is 4.58 Å². The van der Waals surface area contributed by atoms with Crippen LogP contribution in [0, 0.1) is 0 Å². The van der Waals surface area contributed by atoms with Crippen LogP contribution in [-0.4, -0.2) is 57.6 Å². The van der Waals surface area contributed by atoms with Crippen molar-refractivity contribution in [2.75, 3.05) is 26.2 Å². The first-order valence-electron chi connectivity index (χ1n) is 7.38. The monoisotopic (exact) mass is 252 g/mol. The van der Waals surface area contributed by atoms with Gasteiger partial charge in [-0.2, -0.15) is 0 Å². The molecule has 0 amide bonds. The maximum absolute atomic E-state index is 2.61. The molecule has 0 unspecified atom stereocenters. The molecule has 3 nitrogen and oxygen atoms in total. The summed E-state index contributed by atoms with van der Waals surface area (Å²) in [5.41, 5.74) is 0.434. The average Bonchev–Trinajstić information content (AvgIpc) is 2.24. The van der Waals surface area contributed by atoms with Crippen LogP contribution in [0.4, 0.5) is 0 Å². The van der Waals surface area contributed by atoms with Crippen molar-refractivity contribution in [1.82, 2.24) is 9.80 Å². The molecule has 0 radical (unpaired) electrons. The van der Waals surface area contributed by atoms with Gasteiger partial charge in [0.15, 0.2) is 0 Å². The van der Waals surface area contributed by atoms with Crippen molar-refractivity contribution >= 4 is 5.96 Å². The molecular formula is C15H30N3+. The van der Waals surface area contributed by atoms with Gasteiger partial charge >= 0.3 is 5.96 Å². The zero-order valence-corrected chi connectivity index (χ0v) is 13.1. The van der Waals surface area contributed by atoms with Gasteiger partial charge in [0.1, 0.15) is 0 Å². The first-order valence-corrected chi connectivity index (χ1v) is 7.38. The Kier molecular flexibility index (Phi) is 3.37. The van der Waals surface area contributed by atoms with Gasteiger partial charge in [0, 0.05) is 12.8 Å². The highest BCUT2D eigenvalue weighted by Crippen LogP contribution is 2.26. The molecule has 0 N–H and O–H groups in total. The van der Waals surface area contributed by atoms with E-state index >= 15 is 0 Å². The lowest BCUT2D eigenvalue weighted by Gasteiger charge is -2.46. The van der Waals surface area contributed by atoms with Crippen molar-refractivity contribution in [3.05, 3.63) is 0 Å². The summed E-state index contributed by atoms with van der Waals surface area (Å²) in [5.74, 6) is 1.48. The minimum Gasteiger partial charge on any atom is -0.265 e. The molecule has 0 atom stereocenters. The van der Waals surface area contributed by atoms with E-state index in [1.807, 2.05) is 0 Å². The van der Waals surface area contributed by atoms with E-state index in [2.05, 4.69) is 55.9 Å². The highest BCUT2D eigenvalue weighted by Gasteiger charge is 2.44. The number of nitrogens with zero attached hydrogens (tertiary/aromatic N) is 3. The summed E-state index contributed by atoms with van der Waals surface area (Å²) in [4.78, 5) is 5.22. The Morgan fingerprint density at radius 2 is 1.17 bits per heavy atom. The van der Waals surface area contributed by atoms with Crippen LogP contribution in [0.3, 0.4) is 0 Å². The summed E-state index contributed by atoms with van der Waals surface area (Å²) >= 11 is 0. The molecule has 104 valence electrons. The zero-order chi connectivity index (χ0) is 13.6. The van der Waals surface area contributed by atoms with Crippen LogP contribution in [-0.2, 0) is 0 Å². The van der Waals surface area contributed by atoms with Gasteiger partial charge in [0.25, 0.3) is 0 Å². The molecule has 0 spiro atoms. The molecule has 0 bridgehead atoms. The smallest absolute Gasteiger partial charge is 0.265 e. The predicted octanol–water partition coefficient (Wildman–Crippen LogP) is 2.36. The lowest BCUT2D eigenvalue weighted by Crippen LogP contribution is -2.65.